The van der Waals surface area contributed by atoms with Gasteiger partial charge in [-0.1, -0.05) is 12.2 Å². The molecule has 0 N–H and O–H groups in total. The van der Waals surface area contributed by atoms with Crippen molar-refractivity contribution < 1.29 is 45.4 Å². The van der Waals surface area contributed by atoms with E-state index in [0.717, 1.165) is 12.2 Å². The Morgan fingerprint density at radius 1 is 0.926 bits per heavy atom. The Morgan fingerprint density at radius 3 is 1.85 bits per heavy atom. The van der Waals surface area contributed by atoms with E-state index in [1.807, 2.05) is 0 Å². The number of carbonyl (C=O) groups is 2. The van der Waals surface area contributed by atoms with Crippen molar-refractivity contribution in [2.75, 3.05) is 14.2 Å². The molecule has 0 aliphatic heterocycles. The minimum atomic E-state index is -5.63. The molecule has 10 heteroatoms. The fourth-order valence-corrected chi connectivity index (χ4v) is 2.07. The molecule has 0 unspecified atom stereocenters. The lowest BCUT2D eigenvalue weighted by atomic mass is 10.0. The normalized spacial score (nSPS) is 12.0. The van der Waals surface area contributed by atoms with E-state index in [1.165, 1.54) is 20.3 Å². The molecule has 0 bridgehead atoms. The van der Waals surface area contributed by atoms with E-state index in [9.17, 15) is 35.9 Å². The summed E-state index contributed by atoms with van der Waals surface area (Å²) in [7, 11) is 2.62. The van der Waals surface area contributed by atoms with Crippen molar-refractivity contribution in [3.63, 3.8) is 0 Å². The summed E-state index contributed by atoms with van der Waals surface area (Å²) in [6.07, 6.45) is -9.30. The number of hydrogen-bond donors (Lipinski definition) is 0. The summed E-state index contributed by atoms with van der Waals surface area (Å²) in [4.78, 5) is 22.4. The van der Waals surface area contributed by atoms with Gasteiger partial charge in [-0.15, -0.1) is 0 Å². The molecule has 0 radical (unpaired) electrons. The number of ether oxygens (including phenoxy) is 2. The summed E-state index contributed by atoms with van der Waals surface area (Å²) < 4.78 is 85.2. The average molecular weight is 396 g/mol. The summed E-state index contributed by atoms with van der Waals surface area (Å²) in [6, 6.07) is 3.11. The van der Waals surface area contributed by atoms with Crippen molar-refractivity contribution in [1.29, 1.82) is 0 Å². The first kappa shape index (κ1) is 22.3. The molecule has 1 aromatic carbocycles. The van der Waals surface area contributed by atoms with E-state index < -0.39 is 29.5 Å². The number of alkyl halides is 6. The second-order valence-electron chi connectivity index (χ2n) is 5.18. The Balaban J connectivity index is 3.41. The molecule has 0 fully saturated rings. The molecular weight excluding hydrogens is 382 g/mol. The second kappa shape index (κ2) is 8.28. The van der Waals surface area contributed by atoms with E-state index in [1.54, 1.807) is 13.0 Å². The van der Waals surface area contributed by atoms with E-state index in [2.05, 4.69) is 0 Å². The zero-order chi connectivity index (χ0) is 21.0. The van der Waals surface area contributed by atoms with Gasteiger partial charge in [0.1, 0.15) is 0 Å². The van der Waals surface area contributed by atoms with Crippen molar-refractivity contribution in [2.24, 2.45) is 0 Å². The molecule has 0 aromatic heterocycles. The van der Waals surface area contributed by atoms with Gasteiger partial charge in [-0.05, 0) is 30.7 Å². The van der Waals surface area contributed by atoms with Gasteiger partial charge in [0.15, 0.2) is 11.5 Å². The lowest BCUT2D eigenvalue weighted by Crippen LogP contribution is -2.34. The molecule has 0 saturated heterocycles. The van der Waals surface area contributed by atoms with E-state index in [-0.39, 0.29) is 23.1 Å². The topological polar surface area (TPSA) is 52.6 Å². The number of methoxy groups -OCH3 is 2. The summed E-state index contributed by atoms with van der Waals surface area (Å²) in [5.41, 5.74) is -1.12. The lowest BCUT2D eigenvalue weighted by molar-refractivity contribution is -0.175. The molecular formula is C17H14F6O4. The molecule has 0 aliphatic carbocycles. The second-order valence-corrected chi connectivity index (χ2v) is 5.18. The summed E-state index contributed by atoms with van der Waals surface area (Å²) in [5.74, 6) is -5.33. The SMILES string of the molecule is COc1cc(C)cc(/C=C/C=C(C(=O)C(F)(F)F)C(=O)C(F)(F)F)c1OC. The number of Topliss-reactive ketones (excluding diaryl/α,β-unsaturated/α-hetero) is 2. The average Bonchev–Trinajstić information content (AvgIpc) is 2.55. The van der Waals surface area contributed by atoms with Crippen LogP contribution in [0.1, 0.15) is 11.1 Å². The Kier molecular flexibility index (Phi) is 6.82. The third kappa shape index (κ3) is 5.60. The minimum Gasteiger partial charge on any atom is -0.493 e. The molecule has 1 rings (SSSR count). The van der Waals surface area contributed by atoms with Gasteiger partial charge in [0.25, 0.3) is 11.6 Å². The summed E-state index contributed by atoms with van der Waals surface area (Å²) in [5, 5.41) is 0. The Bertz CT molecular complexity index is 760. The number of halogens is 6. The molecule has 0 amide bonds. The quantitative estimate of drug-likeness (QED) is 0.238. The standard InChI is InChI=1S/C17H14F6O4/c1-9-7-10(13(27-3)12(8-9)26-2)5-4-6-11(14(24)16(18,19)20)15(25)17(21,22)23/h4-8H,1-3H3/b5-4+. The van der Waals surface area contributed by atoms with Crippen LogP contribution >= 0.6 is 0 Å². The van der Waals surface area contributed by atoms with Gasteiger partial charge in [-0.3, -0.25) is 9.59 Å². The predicted molar refractivity (Wildman–Crippen MR) is 83.5 cm³/mol. The molecule has 0 aliphatic rings. The van der Waals surface area contributed by atoms with Crippen LogP contribution in [0, 0.1) is 6.92 Å². The summed E-state index contributed by atoms with van der Waals surface area (Å²) in [6.45, 7) is 1.67. The molecule has 1 aromatic rings. The van der Waals surface area contributed by atoms with Crippen molar-refractivity contribution in [3.05, 3.63) is 41.0 Å². The van der Waals surface area contributed by atoms with Crippen LogP contribution in [0.4, 0.5) is 26.3 Å². The van der Waals surface area contributed by atoms with Crippen molar-refractivity contribution in [2.45, 2.75) is 19.3 Å². The molecule has 0 heterocycles. The maximum atomic E-state index is 12.5. The number of benzene rings is 1. The van der Waals surface area contributed by atoms with Crippen LogP contribution in [-0.2, 0) is 9.59 Å². The van der Waals surface area contributed by atoms with Crippen LogP contribution in [-0.4, -0.2) is 38.1 Å². The van der Waals surface area contributed by atoms with Crippen molar-refractivity contribution >= 4 is 17.6 Å². The van der Waals surface area contributed by atoms with Gasteiger partial charge in [-0.2, -0.15) is 26.3 Å². The Morgan fingerprint density at radius 2 is 1.44 bits per heavy atom. The molecule has 0 atom stereocenters. The van der Waals surface area contributed by atoms with Gasteiger partial charge in [0, 0.05) is 5.56 Å². The van der Waals surface area contributed by atoms with Crippen LogP contribution in [0.5, 0.6) is 11.5 Å². The Hall–Kier alpha value is -2.78. The highest BCUT2D eigenvalue weighted by molar-refractivity contribution is 6.23. The van der Waals surface area contributed by atoms with Gasteiger partial charge in [0.2, 0.25) is 0 Å². The highest BCUT2D eigenvalue weighted by atomic mass is 19.4. The molecule has 4 nitrogen and oxygen atoms in total. The lowest BCUT2D eigenvalue weighted by Gasteiger charge is -2.12. The van der Waals surface area contributed by atoms with Crippen LogP contribution in [0.3, 0.4) is 0 Å². The monoisotopic (exact) mass is 396 g/mol. The fourth-order valence-electron chi connectivity index (χ4n) is 2.07. The highest BCUT2D eigenvalue weighted by Gasteiger charge is 2.49. The fraction of sp³-hybridized carbons (Fsp3) is 0.294. The zero-order valence-corrected chi connectivity index (χ0v) is 14.3. The predicted octanol–water partition coefficient (Wildman–Crippen LogP) is 4.21. The number of allylic oxidation sites excluding steroid dienone is 3. The van der Waals surface area contributed by atoms with E-state index in [4.69, 9.17) is 9.47 Å². The largest absolute Gasteiger partial charge is 0.493 e. The summed E-state index contributed by atoms with van der Waals surface area (Å²) >= 11 is 0. The van der Waals surface area contributed by atoms with Crippen molar-refractivity contribution in [1.82, 2.24) is 0 Å². The number of ketones is 2. The smallest absolute Gasteiger partial charge is 0.455 e. The third-order valence-electron chi connectivity index (χ3n) is 3.19. The van der Waals surface area contributed by atoms with E-state index in [0.29, 0.717) is 5.56 Å². The number of rotatable bonds is 6. The van der Waals surface area contributed by atoms with Gasteiger partial charge in [0.05, 0.1) is 19.8 Å². The van der Waals surface area contributed by atoms with Gasteiger partial charge >= 0.3 is 12.4 Å². The first-order valence-corrected chi connectivity index (χ1v) is 7.17. The van der Waals surface area contributed by atoms with Crippen LogP contribution in [0.15, 0.2) is 29.9 Å². The maximum Gasteiger partial charge on any atom is 0.455 e. The van der Waals surface area contributed by atoms with Crippen LogP contribution in [0.2, 0.25) is 0 Å². The molecule has 0 saturated carbocycles. The first-order chi connectivity index (χ1) is 12.3. The first-order valence-electron chi connectivity index (χ1n) is 7.17. The molecule has 27 heavy (non-hydrogen) atoms. The van der Waals surface area contributed by atoms with Crippen molar-refractivity contribution in [3.8, 4) is 11.5 Å². The van der Waals surface area contributed by atoms with E-state index >= 15 is 0 Å². The van der Waals surface area contributed by atoms with Gasteiger partial charge < -0.3 is 9.47 Å². The maximum absolute atomic E-state index is 12.5. The molecule has 148 valence electrons. The number of carbonyl (C=O) groups excluding carboxylic acids is 2. The highest BCUT2D eigenvalue weighted by Crippen LogP contribution is 2.33. The van der Waals surface area contributed by atoms with Crippen LogP contribution in [0.25, 0.3) is 6.08 Å². The minimum absolute atomic E-state index is 0.165. The Labute approximate surface area is 150 Å². The zero-order valence-electron chi connectivity index (χ0n) is 14.3. The van der Waals surface area contributed by atoms with Crippen LogP contribution < -0.4 is 9.47 Å². The third-order valence-corrected chi connectivity index (χ3v) is 3.19. The number of aryl methyl sites for hydroxylation is 1. The molecule has 0 spiro atoms. The van der Waals surface area contributed by atoms with Gasteiger partial charge in [-0.25, -0.2) is 0 Å². The number of hydrogen-bond acceptors (Lipinski definition) is 4.